The van der Waals surface area contributed by atoms with Gasteiger partial charge in [0.2, 0.25) is 0 Å². The van der Waals surface area contributed by atoms with E-state index in [1.165, 1.54) is 0 Å². The molecule has 0 radical (unpaired) electrons. The zero-order chi connectivity index (χ0) is 9.19. The highest BCUT2D eigenvalue weighted by atomic mass is 32.3. The molecule has 0 amide bonds. The van der Waals surface area contributed by atoms with Gasteiger partial charge in [-0.25, -0.2) is 8.37 Å². The molecule has 0 spiro atoms. The van der Waals surface area contributed by atoms with Gasteiger partial charge in [0.05, 0.1) is 12.2 Å². The predicted molar refractivity (Wildman–Crippen MR) is 43.9 cm³/mol. The van der Waals surface area contributed by atoms with Crippen LogP contribution in [0.25, 0.3) is 0 Å². The molecule has 1 aliphatic rings. The van der Waals surface area contributed by atoms with Crippen LogP contribution in [0.1, 0.15) is 33.1 Å². The number of hydrogen-bond donors (Lipinski definition) is 0. The van der Waals surface area contributed by atoms with Crippen molar-refractivity contribution in [3.8, 4) is 0 Å². The molecule has 0 saturated carbocycles. The fourth-order valence-corrected chi connectivity index (χ4v) is 2.34. The van der Waals surface area contributed by atoms with Gasteiger partial charge in [0.15, 0.2) is 0 Å². The molecule has 4 nitrogen and oxygen atoms in total. The maximum absolute atomic E-state index is 10.9. The third-order valence-electron chi connectivity index (χ3n) is 1.94. The van der Waals surface area contributed by atoms with E-state index < -0.39 is 10.4 Å². The van der Waals surface area contributed by atoms with Crippen LogP contribution in [0, 0.1) is 0 Å². The highest BCUT2D eigenvalue weighted by molar-refractivity contribution is 7.81. The van der Waals surface area contributed by atoms with Crippen LogP contribution in [0.2, 0.25) is 0 Å². The number of rotatable bonds is 2. The molecule has 5 heteroatoms. The van der Waals surface area contributed by atoms with Crippen molar-refractivity contribution in [1.82, 2.24) is 0 Å². The molecule has 1 heterocycles. The fraction of sp³-hybridized carbons (Fsp3) is 1.00. The summed E-state index contributed by atoms with van der Waals surface area (Å²) in [6, 6.07) is 0. The quantitative estimate of drug-likeness (QED) is 0.663. The Morgan fingerprint density at radius 3 is 1.92 bits per heavy atom. The van der Waals surface area contributed by atoms with Gasteiger partial charge in [-0.2, -0.15) is 8.42 Å². The van der Waals surface area contributed by atoms with Crippen LogP contribution in [0.15, 0.2) is 0 Å². The smallest absolute Gasteiger partial charge is 0.245 e. The molecule has 0 aromatic heterocycles. The van der Waals surface area contributed by atoms with Crippen molar-refractivity contribution in [1.29, 1.82) is 0 Å². The van der Waals surface area contributed by atoms with Crippen LogP contribution in [-0.4, -0.2) is 20.6 Å². The molecule has 0 aliphatic carbocycles. The van der Waals surface area contributed by atoms with Crippen LogP contribution in [-0.2, 0) is 18.8 Å². The van der Waals surface area contributed by atoms with Gasteiger partial charge in [0.1, 0.15) is 0 Å². The first-order valence-corrected chi connectivity index (χ1v) is 5.52. The van der Waals surface area contributed by atoms with E-state index in [1.807, 2.05) is 13.8 Å². The summed E-state index contributed by atoms with van der Waals surface area (Å²) in [5.74, 6) is 0. The van der Waals surface area contributed by atoms with Gasteiger partial charge in [0.25, 0.3) is 0 Å². The summed E-state index contributed by atoms with van der Waals surface area (Å²) in [6.07, 6.45) is 1.69. The van der Waals surface area contributed by atoms with Crippen molar-refractivity contribution >= 4 is 10.4 Å². The zero-order valence-electron chi connectivity index (χ0n) is 7.32. The monoisotopic (exact) mass is 194 g/mol. The Hall–Kier alpha value is -0.130. The average molecular weight is 194 g/mol. The third kappa shape index (κ3) is 2.43. The maximum Gasteiger partial charge on any atom is 0.400 e. The minimum Gasteiger partial charge on any atom is -0.245 e. The lowest BCUT2D eigenvalue weighted by molar-refractivity contribution is 0.0377. The molecule has 1 fully saturated rings. The lowest BCUT2D eigenvalue weighted by Gasteiger charge is -2.26. The molecule has 1 aliphatic heterocycles. The van der Waals surface area contributed by atoms with Gasteiger partial charge in [0, 0.05) is 6.42 Å². The summed E-state index contributed by atoms with van der Waals surface area (Å²) < 4.78 is 31.3. The van der Waals surface area contributed by atoms with Crippen molar-refractivity contribution in [2.24, 2.45) is 0 Å². The van der Waals surface area contributed by atoms with Crippen molar-refractivity contribution in [2.75, 3.05) is 0 Å². The van der Waals surface area contributed by atoms with Crippen molar-refractivity contribution in [3.63, 3.8) is 0 Å². The normalized spacial score (nSPS) is 34.8. The van der Waals surface area contributed by atoms with Gasteiger partial charge >= 0.3 is 10.4 Å². The molecule has 2 atom stereocenters. The van der Waals surface area contributed by atoms with Crippen LogP contribution < -0.4 is 0 Å². The van der Waals surface area contributed by atoms with Gasteiger partial charge < -0.3 is 0 Å². The van der Waals surface area contributed by atoms with E-state index >= 15 is 0 Å². The Kier molecular flexibility index (Phi) is 3.09. The molecule has 0 aromatic rings. The summed E-state index contributed by atoms with van der Waals surface area (Å²) in [5, 5.41) is 0. The largest absolute Gasteiger partial charge is 0.400 e. The van der Waals surface area contributed by atoms with Gasteiger partial charge in [-0.1, -0.05) is 13.8 Å². The van der Waals surface area contributed by atoms with Crippen LogP contribution >= 0.6 is 0 Å². The standard InChI is InChI=1S/C7H14O4S/c1-3-6-5-7(4-2)11-12(8,9)10-6/h6-7H,3-5H2,1-2H3. The fourth-order valence-electron chi connectivity index (χ4n) is 1.20. The van der Waals surface area contributed by atoms with Gasteiger partial charge in [-0.05, 0) is 12.8 Å². The molecule has 1 saturated heterocycles. The first-order valence-electron chi connectivity index (χ1n) is 4.19. The Balaban J connectivity index is 2.66. The molecule has 72 valence electrons. The van der Waals surface area contributed by atoms with Crippen LogP contribution in [0.3, 0.4) is 0 Å². The molecule has 0 bridgehead atoms. The van der Waals surface area contributed by atoms with Crippen molar-refractivity contribution in [3.05, 3.63) is 0 Å². The maximum atomic E-state index is 10.9. The second-order valence-corrected chi connectivity index (χ2v) is 4.10. The first-order chi connectivity index (χ1) is 5.57. The third-order valence-corrected chi connectivity index (χ3v) is 2.96. The van der Waals surface area contributed by atoms with E-state index in [-0.39, 0.29) is 12.2 Å². The second-order valence-electron chi connectivity index (χ2n) is 2.90. The topological polar surface area (TPSA) is 52.6 Å². The van der Waals surface area contributed by atoms with Gasteiger partial charge in [-0.15, -0.1) is 0 Å². The molecular weight excluding hydrogens is 180 g/mol. The lowest BCUT2D eigenvalue weighted by atomic mass is 10.1. The minimum atomic E-state index is -3.71. The average Bonchev–Trinajstić information content (AvgIpc) is 2.01. The highest BCUT2D eigenvalue weighted by Gasteiger charge is 2.31. The second kappa shape index (κ2) is 3.72. The first kappa shape index (κ1) is 9.95. The molecule has 0 N–H and O–H groups in total. The zero-order valence-corrected chi connectivity index (χ0v) is 8.13. The summed E-state index contributed by atoms with van der Waals surface area (Å²) in [6.45, 7) is 3.80. The summed E-state index contributed by atoms with van der Waals surface area (Å²) in [7, 11) is -3.71. The Morgan fingerprint density at radius 2 is 1.58 bits per heavy atom. The Morgan fingerprint density at radius 1 is 1.17 bits per heavy atom. The predicted octanol–water partition coefficient (Wildman–Crippen LogP) is 1.23. The summed E-state index contributed by atoms with van der Waals surface area (Å²) in [4.78, 5) is 0. The summed E-state index contributed by atoms with van der Waals surface area (Å²) in [5.41, 5.74) is 0. The van der Waals surface area contributed by atoms with Crippen LogP contribution in [0.4, 0.5) is 0 Å². The SMILES string of the molecule is CCC1CC(CC)OS(=O)(=O)O1. The highest BCUT2D eigenvalue weighted by Crippen LogP contribution is 2.23. The Labute approximate surface area is 73.2 Å². The van der Waals surface area contributed by atoms with E-state index in [2.05, 4.69) is 0 Å². The molecule has 1 rings (SSSR count). The van der Waals surface area contributed by atoms with Crippen molar-refractivity contribution < 1.29 is 16.8 Å². The van der Waals surface area contributed by atoms with E-state index in [0.717, 1.165) is 0 Å². The minimum absolute atomic E-state index is 0.200. The Bertz CT molecular complexity index is 216. The van der Waals surface area contributed by atoms with Gasteiger partial charge in [-0.3, -0.25) is 0 Å². The summed E-state index contributed by atoms with van der Waals surface area (Å²) >= 11 is 0. The molecule has 0 aromatic carbocycles. The molecule has 2 unspecified atom stereocenters. The van der Waals surface area contributed by atoms with Crippen LogP contribution in [0.5, 0.6) is 0 Å². The van der Waals surface area contributed by atoms with E-state index in [4.69, 9.17) is 8.37 Å². The molecular formula is C7H14O4S. The number of hydrogen-bond acceptors (Lipinski definition) is 4. The van der Waals surface area contributed by atoms with Crippen molar-refractivity contribution in [2.45, 2.75) is 45.3 Å². The molecule has 12 heavy (non-hydrogen) atoms. The van der Waals surface area contributed by atoms with E-state index in [0.29, 0.717) is 19.3 Å². The van der Waals surface area contributed by atoms with E-state index in [1.54, 1.807) is 0 Å². The van der Waals surface area contributed by atoms with E-state index in [9.17, 15) is 8.42 Å². The lowest BCUT2D eigenvalue weighted by Crippen LogP contribution is -2.34.